The first-order chi connectivity index (χ1) is 15.1. The molecule has 1 aliphatic carbocycles. The Morgan fingerprint density at radius 3 is 2.03 bits per heavy atom. The number of aromatic hydroxyl groups is 2. The molecule has 2 nitrogen and oxygen atoms in total. The molecule has 0 aromatic heterocycles. The van der Waals surface area contributed by atoms with Crippen molar-refractivity contribution in [1.29, 1.82) is 0 Å². The summed E-state index contributed by atoms with van der Waals surface area (Å²) in [5.41, 5.74) is 7.97. The summed E-state index contributed by atoms with van der Waals surface area (Å²) in [6.45, 7) is 16.8. The summed E-state index contributed by atoms with van der Waals surface area (Å²) >= 11 is 0. The Balaban J connectivity index is 2.38. The maximum absolute atomic E-state index is 11.6. The van der Waals surface area contributed by atoms with Gasteiger partial charge in [0.1, 0.15) is 11.5 Å². The Kier molecular flexibility index (Phi) is 7.22. The molecule has 0 saturated heterocycles. The maximum Gasteiger partial charge on any atom is 0.127 e. The molecule has 3 rings (SSSR count). The van der Waals surface area contributed by atoms with E-state index in [9.17, 15) is 10.2 Å². The fraction of sp³-hybridized carbons (Fsp3) is 0.467. The van der Waals surface area contributed by atoms with Gasteiger partial charge >= 0.3 is 0 Å². The Hall–Kier alpha value is -2.48. The van der Waals surface area contributed by atoms with Crippen molar-refractivity contribution in [3.63, 3.8) is 0 Å². The molecule has 0 saturated carbocycles. The molecule has 0 fully saturated rings. The average Bonchev–Trinajstić information content (AvgIpc) is 2.75. The zero-order valence-electron chi connectivity index (χ0n) is 20.8. The maximum atomic E-state index is 11.6. The minimum atomic E-state index is -0.175. The first-order valence-corrected chi connectivity index (χ1v) is 12.1. The summed E-state index contributed by atoms with van der Waals surface area (Å²) in [6, 6.07) is 8.49. The smallest absolute Gasteiger partial charge is 0.127 e. The van der Waals surface area contributed by atoms with Gasteiger partial charge < -0.3 is 10.2 Å². The van der Waals surface area contributed by atoms with Crippen molar-refractivity contribution in [3.05, 3.63) is 75.9 Å². The molecular weight excluding hydrogens is 392 g/mol. The average molecular weight is 433 g/mol. The predicted molar refractivity (Wildman–Crippen MR) is 137 cm³/mol. The van der Waals surface area contributed by atoms with E-state index >= 15 is 0 Å². The highest BCUT2D eigenvalue weighted by Crippen LogP contribution is 2.48. The third kappa shape index (κ3) is 4.80. The molecular formula is C30H40O2. The SMILES string of the molecule is C=C(C)c1cc(CC)cc(C(C2=CCCCC2)c2cc(CC)cc(C(C)(C)C)c2O)c1O. The quantitative estimate of drug-likeness (QED) is 0.452. The van der Waals surface area contributed by atoms with Crippen LogP contribution < -0.4 is 0 Å². The first-order valence-electron chi connectivity index (χ1n) is 12.1. The summed E-state index contributed by atoms with van der Waals surface area (Å²) in [6.07, 6.45) is 8.50. The number of rotatable bonds is 6. The van der Waals surface area contributed by atoms with E-state index < -0.39 is 0 Å². The standard InChI is InChI=1S/C30H40O2/c1-8-20-15-23(19(3)4)28(31)24(16-20)27(22-13-11-10-12-14-22)25-17-21(9-2)18-26(29(25)32)30(5,6)7/h13,15-18,27,31-32H,3,8-12,14H2,1-2,4-7H3. The Bertz CT molecular complexity index is 1030. The van der Waals surface area contributed by atoms with E-state index in [1.807, 2.05) is 6.92 Å². The lowest BCUT2D eigenvalue weighted by atomic mass is 9.75. The second kappa shape index (κ2) is 9.57. The summed E-state index contributed by atoms with van der Waals surface area (Å²) < 4.78 is 0. The van der Waals surface area contributed by atoms with Crippen LogP contribution in [0.25, 0.3) is 5.57 Å². The van der Waals surface area contributed by atoms with Crippen LogP contribution in [0, 0.1) is 0 Å². The monoisotopic (exact) mass is 432 g/mol. The second-order valence-electron chi connectivity index (χ2n) is 10.4. The van der Waals surface area contributed by atoms with Crippen LogP contribution >= 0.6 is 0 Å². The highest BCUT2D eigenvalue weighted by molar-refractivity contribution is 5.71. The van der Waals surface area contributed by atoms with Crippen molar-refractivity contribution in [1.82, 2.24) is 0 Å². The lowest BCUT2D eigenvalue weighted by Gasteiger charge is -2.30. The molecule has 1 atom stereocenters. The van der Waals surface area contributed by atoms with Gasteiger partial charge in [0, 0.05) is 22.6 Å². The Labute approximate surface area is 194 Å². The zero-order chi connectivity index (χ0) is 23.6. The number of phenols is 2. The van der Waals surface area contributed by atoms with Crippen LogP contribution in [-0.4, -0.2) is 10.2 Å². The Morgan fingerprint density at radius 2 is 1.53 bits per heavy atom. The van der Waals surface area contributed by atoms with Gasteiger partial charge in [-0.05, 0) is 79.2 Å². The van der Waals surface area contributed by atoms with Crippen LogP contribution in [-0.2, 0) is 18.3 Å². The van der Waals surface area contributed by atoms with Gasteiger partial charge in [-0.15, -0.1) is 0 Å². The number of benzene rings is 2. The van der Waals surface area contributed by atoms with Crippen LogP contribution in [0.2, 0.25) is 0 Å². The largest absolute Gasteiger partial charge is 0.507 e. The summed E-state index contributed by atoms with van der Waals surface area (Å²) in [7, 11) is 0. The van der Waals surface area contributed by atoms with E-state index in [1.54, 1.807) is 0 Å². The number of phenolic OH excluding ortho intramolecular Hbond substituents is 2. The van der Waals surface area contributed by atoms with Gasteiger partial charge in [-0.3, -0.25) is 0 Å². The van der Waals surface area contributed by atoms with E-state index in [0.29, 0.717) is 11.5 Å². The number of aryl methyl sites for hydroxylation is 2. The third-order valence-corrected chi connectivity index (χ3v) is 6.80. The van der Waals surface area contributed by atoms with Crippen molar-refractivity contribution in [2.45, 2.75) is 91.4 Å². The van der Waals surface area contributed by atoms with Crippen molar-refractivity contribution in [2.24, 2.45) is 0 Å². The first kappa shape index (κ1) is 24.2. The highest BCUT2D eigenvalue weighted by atomic mass is 16.3. The normalized spacial score (nSPS) is 15.4. The van der Waals surface area contributed by atoms with E-state index in [2.05, 4.69) is 71.5 Å². The van der Waals surface area contributed by atoms with Gasteiger partial charge in [-0.1, -0.05) is 71.0 Å². The molecule has 172 valence electrons. The minimum absolute atomic E-state index is 0.160. The molecule has 0 heterocycles. The molecule has 32 heavy (non-hydrogen) atoms. The lowest BCUT2D eigenvalue weighted by molar-refractivity contribution is 0.435. The van der Waals surface area contributed by atoms with Gasteiger partial charge in [0.25, 0.3) is 0 Å². The molecule has 2 aromatic carbocycles. The van der Waals surface area contributed by atoms with Crippen LogP contribution in [0.3, 0.4) is 0 Å². The van der Waals surface area contributed by atoms with E-state index in [0.717, 1.165) is 59.9 Å². The predicted octanol–water partition coefficient (Wildman–Crippen LogP) is 8.19. The van der Waals surface area contributed by atoms with Gasteiger partial charge in [0.2, 0.25) is 0 Å². The molecule has 2 heteroatoms. The number of allylic oxidation sites excluding steroid dienone is 3. The summed E-state index contributed by atoms with van der Waals surface area (Å²) in [5.74, 6) is 0.502. The van der Waals surface area contributed by atoms with Gasteiger partial charge in [0.05, 0.1) is 0 Å². The molecule has 2 aromatic rings. The minimum Gasteiger partial charge on any atom is -0.507 e. The molecule has 0 radical (unpaired) electrons. The van der Waals surface area contributed by atoms with E-state index in [-0.39, 0.29) is 11.3 Å². The molecule has 1 aliphatic rings. The lowest BCUT2D eigenvalue weighted by Crippen LogP contribution is -2.16. The van der Waals surface area contributed by atoms with Crippen molar-refractivity contribution in [2.75, 3.05) is 0 Å². The number of hydrogen-bond acceptors (Lipinski definition) is 2. The molecule has 2 N–H and O–H groups in total. The van der Waals surface area contributed by atoms with E-state index in [1.165, 1.54) is 23.1 Å². The topological polar surface area (TPSA) is 40.5 Å². The Morgan fingerprint density at radius 1 is 0.938 bits per heavy atom. The van der Waals surface area contributed by atoms with Gasteiger partial charge in [0.15, 0.2) is 0 Å². The second-order valence-corrected chi connectivity index (χ2v) is 10.4. The van der Waals surface area contributed by atoms with Crippen LogP contribution in [0.5, 0.6) is 11.5 Å². The summed E-state index contributed by atoms with van der Waals surface area (Å²) in [5, 5.41) is 23.0. The number of hydrogen-bond donors (Lipinski definition) is 2. The van der Waals surface area contributed by atoms with Crippen LogP contribution in [0.4, 0.5) is 0 Å². The van der Waals surface area contributed by atoms with Crippen LogP contribution in [0.15, 0.2) is 42.5 Å². The molecule has 0 amide bonds. The van der Waals surface area contributed by atoms with Gasteiger partial charge in [-0.2, -0.15) is 0 Å². The fourth-order valence-electron chi connectivity index (χ4n) is 4.88. The molecule has 0 bridgehead atoms. The highest BCUT2D eigenvalue weighted by Gasteiger charge is 2.30. The third-order valence-electron chi connectivity index (χ3n) is 6.80. The van der Waals surface area contributed by atoms with Crippen LogP contribution in [0.1, 0.15) is 107 Å². The van der Waals surface area contributed by atoms with Crippen molar-refractivity contribution >= 4 is 5.57 Å². The molecule has 0 aliphatic heterocycles. The van der Waals surface area contributed by atoms with Gasteiger partial charge in [-0.25, -0.2) is 0 Å². The zero-order valence-corrected chi connectivity index (χ0v) is 20.8. The molecule has 0 spiro atoms. The van der Waals surface area contributed by atoms with Crippen molar-refractivity contribution in [3.8, 4) is 11.5 Å². The van der Waals surface area contributed by atoms with Crippen molar-refractivity contribution < 1.29 is 10.2 Å². The summed E-state index contributed by atoms with van der Waals surface area (Å²) in [4.78, 5) is 0. The molecule has 1 unspecified atom stereocenters. The fourth-order valence-corrected chi connectivity index (χ4v) is 4.88. The van der Waals surface area contributed by atoms with E-state index in [4.69, 9.17) is 0 Å².